The Morgan fingerprint density at radius 2 is 2.06 bits per heavy atom. The van der Waals surface area contributed by atoms with Gasteiger partial charge in [0, 0.05) is 11.8 Å². The van der Waals surface area contributed by atoms with E-state index in [2.05, 4.69) is 4.98 Å². The van der Waals surface area contributed by atoms with Gasteiger partial charge in [0.15, 0.2) is 0 Å². The minimum atomic E-state index is -0.401. The number of rotatable bonds is 3. The van der Waals surface area contributed by atoms with Gasteiger partial charge < -0.3 is 4.74 Å². The van der Waals surface area contributed by atoms with E-state index in [1.54, 1.807) is 18.3 Å². The Hall–Kier alpha value is -1.32. The van der Waals surface area contributed by atoms with E-state index < -0.39 is 5.82 Å². The van der Waals surface area contributed by atoms with Crippen LogP contribution >= 0.6 is 23.2 Å². The predicted octanol–water partition coefficient (Wildman–Crippen LogP) is 4.11. The van der Waals surface area contributed by atoms with Crippen molar-refractivity contribution in [3.05, 3.63) is 58.1 Å². The molecule has 1 aromatic heterocycles. The standard InChI is InChI=1S/C12H8Cl2FNO/c13-10-6-9(15)3-4-11(10)17-7-8-2-1-5-16-12(8)14/h1-6H,7H2. The van der Waals surface area contributed by atoms with Gasteiger partial charge in [0.1, 0.15) is 23.3 Å². The van der Waals surface area contributed by atoms with Crippen molar-refractivity contribution < 1.29 is 9.13 Å². The van der Waals surface area contributed by atoms with Gasteiger partial charge in [-0.15, -0.1) is 0 Å². The van der Waals surface area contributed by atoms with Crippen LogP contribution in [0.3, 0.4) is 0 Å². The van der Waals surface area contributed by atoms with E-state index in [0.29, 0.717) is 10.9 Å². The number of ether oxygens (including phenoxy) is 1. The highest BCUT2D eigenvalue weighted by Crippen LogP contribution is 2.26. The Balaban J connectivity index is 2.10. The quantitative estimate of drug-likeness (QED) is 0.784. The molecule has 0 amide bonds. The number of benzene rings is 1. The number of aromatic nitrogens is 1. The first-order valence-corrected chi connectivity index (χ1v) is 5.59. The zero-order chi connectivity index (χ0) is 12.3. The van der Waals surface area contributed by atoms with Crippen LogP contribution in [-0.2, 0) is 6.61 Å². The second-order valence-electron chi connectivity index (χ2n) is 3.32. The second kappa shape index (κ2) is 5.34. The molecule has 0 atom stereocenters. The Morgan fingerprint density at radius 1 is 1.24 bits per heavy atom. The molecule has 0 unspecified atom stereocenters. The number of hydrogen-bond donors (Lipinski definition) is 0. The molecule has 2 rings (SSSR count). The first kappa shape index (κ1) is 12.1. The molecule has 5 heteroatoms. The Labute approximate surface area is 108 Å². The largest absolute Gasteiger partial charge is 0.487 e. The van der Waals surface area contributed by atoms with Crippen molar-refractivity contribution in [1.82, 2.24) is 4.98 Å². The zero-order valence-electron chi connectivity index (χ0n) is 8.66. The highest BCUT2D eigenvalue weighted by atomic mass is 35.5. The van der Waals surface area contributed by atoms with Crippen molar-refractivity contribution in [3.63, 3.8) is 0 Å². The summed E-state index contributed by atoms with van der Waals surface area (Å²) in [5, 5.41) is 0.607. The average molecular weight is 272 g/mol. The van der Waals surface area contributed by atoms with Crippen molar-refractivity contribution in [2.24, 2.45) is 0 Å². The van der Waals surface area contributed by atoms with Crippen LogP contribution in [0.1, 0.15) is 5.56 Å². The molecule has 88 valence electrons. The van der Waals surface area contributed by atoms with E-state index in [9.17, 15) is 4.39 Å². The third kappa shape index (κ3) is 3.08. The summed E-state index contributed by atoms with van der Waals surface area (Å²) in [6.07, 6.45) is 1.59. The van der Waals surface area contributed by atoms with Crippen LogP contribution in [0.4, 0.5) is 4.39 Å². The van der Waals surface area contributed by atoms with E-state index in [-0.39, 0.29) is 11.6 Å². The van der Waals surface area contributed by atoms with Crippen LogP contribution in [0.5, 0.6) is 5.75 Å². The smallest absolute Gasteiger partial charge is 0.138 e. The van der Waals surface area contributed by atoms with Gasteiger partial charge in [-0.1, -0.05) is 29.3 Å². The van der Waals surface area contributed by atoms with E-state index >= 15 is 0 Å². The predicted molar refractivity (Wildman–Crippen MR) is 65.0 cm³/mol. The van der Waals surface area contributed by atoms with Crippen LogP contribution < -0.4 is 4.74 Å². The summed E-state index contributed by atoms with van der Waals surface area (Å²) in [7, 11) is 0. The second-order valence-corrected chi connectivity index (χ2v) is 4.08. The minimum absolute atomic E-state index is 0.227. The monoisotopic (exact) mass is 271 g/mol. The highest BCUT2D eigenvalue weighted by Gasteiger charge is 2.05. The molecule has 0 saturated carbocycles. The molecule has 1 heterocycles. The first-order chi connectivity index (χ1) is 8.16. The molecular formula is C12H8Cl2FNO. The molecule has 0 aliphatic carbocycles. The van der Waals surface area contributed by atoms with E-state index in [1.807, 2.05) is 0 Å². The van der Waals surface area contributed by atoms with Gasteiger partial charge in [-0.3, -0.25) is 0 Å². The van der Waals surface area contributed by atoms with E-state index in [0.717, 1.165) is 5.56 Å². The molecule has 0 aliphatic heterocycles. The molecule has 0 N–H and O–H groups in total. The van der Waals surface area contributed by atoms with Gasteiger partial charge in [0.05, 0.1) is 5.02 Å². The summed E-state index contributed by atoms with van der Waals surface area (Å²) in [5.74, 6) is 0.00902. The summed E-state index contributed by atoms with van der Waals surface area (Å²) < 4.78 is 18.2. The van der Waals surface area contributed by atoms with Gasteiger partial charge in [-0.05, 0) is 24.3 Å². The normalized spacial score (nSPS) is 10.3. The highest BCUT2D eigenvalue weighted by molar-refractivity contribution is 6.32. The molecule has 0 radical (unpaired) electrons. The van der Waals surface area contributed by atoms with Crippen molar-refractivity contribution in [2.45, 2.75) is 6.61 Å². The van der Waals surface area contributed by atoms with Crippen LogP contribution in [-0.4, -0.2) is 4.98 Å². The van der Waals surface area contributed by atoms with Crippen LogP contribution in [0.25, 0.3) is 0 Å². The van der Waals surface area contributed by atoms with Crippen molar-refractivity contribution in [3.8, 4) is 5.75 Å². The topological polar surface area (TPSA) is 22.1 Å². The molecule has 0 fully saturated rings. The van der Waals surface area contributed by atoms with Gasteiger partial charge in [-0.2, -0.15) is 0 Å². The molecule has 2 nitrogen and oxygen atoms in total. The number of pyridine rings is 1. The van der Waals surface area contributed by atoms with Gasteiger partial charge in [-0.25, -0.2) is 9.37 Å². The lowest BCUT2D eigenvalue weighted by atomic mass is 10.3. The average Bonchev–Trinajstić information content (AvgIpc) is 2.30. The number of halogens is 3. The molecule has 17 heavy (non-hydrogen) atoms. The minimum Gasteiger partial charge on any atom is -0.487 e. The molecule has 1 aromatic carbocycles. The molecule has 0 bridgehead atoms. The zero-order valence-corrected chi connectivity index (χ0v) is 10.2. The maximum absolute atomic E-state index is 12.8. The summed E-state index contributed by atoms with van der Waals surface area (Å²) in [6, 6.07) is 7.51. The van der Waals surface area contributed by atoms with Crippen LogP contribution in [0.2, 0.25) is 10.2 Å². The summed E-state index contributed by atoms with van der Waals surface area (Å²) in [6.45, 7) is 0.234. The van der Waals surface area contributed by atoms with Crippen molar-refractivity contribution in [2.75, 3.05) is 0 Å². The Kier molecular flexibility index (Phi) is 3.82. The Morgan fingerprint density at radius 3 is 2.76 bits per heavy atom. The third-order valence-corrected chi connectivity index (χ3v) is 2.75. The van der Waals surface area contributed by atoms with Crippen LogP contribution in [0, 0.1) is 5.82 Å². The molecular weight excluding hydrogens is 264 g/mol. The lowest BCUT2D eigenvalue weighted by Crippen LogP contribution is -1.97. The first-order valence-electron chi connectivity index (χ1n) is 4.84. The summed E-state index contributed by atoms with van der Waals surface area (Å²) >= 11 is 11.7. The fourth-order valence-corrected chi connectivity index (χ4v) is 1.67. The van der Waals surface area contributed by atoms with Gasteiger partial charge in [0.2, 0.25) is 0 Å². The fourth-order valence-electron chi connectivity index (χ4n) is 1.27. The molecule has 0 spiro atoms. The molecule has 0 saturated heterocycles. The van der Waals surface area contributed by atoms with Crippen molar-refractivity contribution in [1.29, 1.82) is 0 Å². The number of nitrogens with zero attached hydrogens (tertiary/aromatic N) is 1. The summed E-state index contributed by atoms with van der Waals surface area (Å²) in [5.41, 5.74) is 0.745. The molecule has 2 aromatic rings. The fraction of sp³-hybridized carbons (Fsp3) is 0.0833. The summed E-state index contributed by atoms with van der Waals surface area (Å²) in [4.78, 5) is 3.92. The Bertz CT molecular complexity index is 534. The SMILES string of the molecule is Fc1ccc(OCc2cccnc2Cl)c(Cl)c1. The van der Waals surface area contributed by atoms with Gasteiger partial charge >= 0.3 is 0 Å². The third-order valence-electron chi connectivity index (χ3n) is 2.11. The number of hydrogen-bond acceptors (Lipinski definition) is 2. The molecule has 0 aliphatic rings. The van der Waals surface area contributed by atoms with Crippen LogP contribution in [0.15, 0.2) is 36.5 Å². The lowest BCUT2D eigenvalue weighted by Gasteiger charge is -2.08. The van der Waals surface area contributed by atoms with E-state index in [1.165, 1.54) is 18.2 Å². The van der Waals surface area contributed by atoms with Gasteiger partial charge in [0.25, 0.3) is 0 Å². The maximum Gasteiger partial charge on any atom is 0.138 e. The lowest BCUT2D eigenvalue weighted by molar-refractivity contribution is 0.305. The van der Waals surface area contributed by atoms with E-state index in [4.69, 9.17) is 27.9 Å². The maximum atomic E-state index is 12.8. The van der Waals surface area contributed by atoms with Crippen molar-refractivity contribution >= 4 is 23.2 Å².